The molecule has 33 heteroatoms. The van der Waals surface area contributed by atoms with Crippen molar-refractivity contribution in [3.8, 4) is 0 Å². The standard InChI is InChI=1S/C68H124N3O29P/c1-5-7-9-11-13-15-17-18-19-20-21-22-23-24-26-28-30-32-34-36-50(78)69-44(45(73)35-33-31-29-27-25-16-14-12-10-8-6-2)40-96-101(91,92)100-64-59(85)57(83)58(84)63(60(64)86)99-68(66(89)90)38-47(75)54(62(98-68)56(82)49(77)42-94-4)71-52(80)43-95-67(65(87)88)37-46(74)53(70-51(79)39-72)61(97-67)55(81)48(76)41-93-3/h33,35,44-49,53-64,72-77,81-86H,5-32,34,36-43H2,1-4H3,(H,69,78)(H,70,79)(H,71,80)(H,87,88)(H,89,90)(H,91,92). The van der Waals surface area contributed by atoms with Gasteiger partial charge in [0.1, 0.15) is 86.5 Å². The Morgan fingerprint density at radius 1 is 0.535 bits per heavy atom. The zero-order chi connectivity index (χ0) is 75.1. The molecule has 1 aliphatic carbocycles. The van der Waals surface area contributed by atoms with Crippen LogP contribution in [0.25, 0.3) is 0 Å². The Morgan fingerprint density at radius 2 is 0.941 bits per heavy atom. The van der Waals surface area contributed by atoms with Gasteiger partial charge in [-0.2, -0.15) is 0 Å². The van der Waals surface area contributed by atoms with Crippen LogP contribution in [0.15, 0.2) is 12.2 Å². The van der Waals surface area contributed by atoms with Gasteiger partial charge in [0.2, 0.25) is 17.7 Å². The molecule has 2 saturated heterocycles. The highest BCUT2D eigenvalue weighted by atomic mass is 31.2. The zero-order valence-corrected chi connectivity index (χ0v) is 60.5. The Morgan fingerprint density at radius 3 is 1.38 bits per heavy atom. The molecule has 590 valence electrons. The van der Waals surface area contributed by atoms with E-state index < -0.39 is 205 Å². The molecule has 21 atom stereocenters. The Labute approximate surface area is 593 Å². The normalized spacial score (nSPS) is 28.7. The number of rotatable bonds is 56. The Hall–Kier alpha value is -3.52. The van der Waals surface area contributed by atoms with Gasteiger partial charge in [-0.05, 0) is 19.3 Å². The summed E-state index contributed by atoms with van der Waals surface area (Å²) in [7, 11) is -3.43. The van der Waals surface area contributed by atoms with Crippen molar-refractivity contribution in [2.75, 3.05) is 47.3 Å². The fourth-order valence-corrected chi connectivity index (χ4v) is 13.8. The Kier molecular flexibility index (Phi) is 44.8. The topological polar surface area (TPSA) is 516 Å². The minimum absolute atomic E-state index is 0.0455. The summed E-state index contributed by atoms with van der Waals surface area (Å²) in [6, 6.07) is -5.17. The molecule has 18 N–H and O–H groups in total. The quantitative estimate of drug-likeness (QED) is 0.0235. The molecule has 1 saturated carbocycles. The van der Waals surface area contributed by atoms with Gasteiger partial charge in [-0.15, -0.1) is 0 Å². The third-order valence-electron chi connectivity index (χ3n) is 18.8. The van der Waals surface area contributed by atoms with Crippen LogP contribution in [0.4, 0.5) is 0 Å². The molecule has 2 heterocycles. The van der Waals surface area contributed by atoms with E-state index in [1.165, 1.54) is 109 Å². The van der Waals surface area contributed by atoms with E-state index in [0.717, 1.165) is 84.8 Å². The molecular weight excluding hydrogens is 1350 g/mol. The summed E-state index contributed by atoms with van der Waals surface area (Å²) in [6.07, 6.45) is -0.695. The summed E-state index contributed by atoms with van der Waals surface area (Å²) in [5, 5.41) is 161. The number of amides is 3. The van der Waals surface area contributed by atoms with Crippen LogP contribution >= 0.6 is 7.82 Å². The van der Waals surface area contributed by atoms with Gasteiger partial charge in [0.25, 0.3) is 11.6 Å². The first-order valence-corrected chi connectivity index (χ1v) is 38.0. The molecule has 0 bridgehead atoms. The van der Waals surface area contributed by atoms with Crippen LogP contribution < -0.4 is 16.0 Å². The third kappa shape index (κ3) is 31.8. The number of phosphoric ester groups is 1. The second kappa shape index (κ2) is 49.4. The van der Waals surface area contributed by atoms with Crippen molar-refractivity contribution in [3.63, 3.8) is 0 Å². The zero-order valence-electron chi connectivity index (χ0n) is 59.6. The summed E-state index contributed by atoms with van der Waals surface area (Å²) in [6.45, 7) is -0.413. The van der Waals surface area contributed by atoms with Crippen molar-refractivity contribution in [2.24, 2.45) is 0 Å². The van der Waals surface area contributed by atoms with Gasteiger partial charge in [0, 0.05) is 33.5 Å². The SMILES string of the molecule is CCCCCCCCCCCC=CC(O)C(COP(=O)(O)OC1C(O)C(O)C(O)C(OC2(C(=O)O)CC(O)C(NC(=O)COC3(C(=O)O)CC(O)C(NC(=O)CO)C(C(O)C(O)COC)O3)C(C(O)C(O)COC)O2)C1O)NC(=O)CCCCCCCCCCCCCCCCCCCCC. The number of unbranched alkanes of at least 4 members (excludes halogenated alkanes) is 27. The maximum Gasteiger partial charge on any atom is 0.472 e. The molecule has 0 radical (unpaired) electrons. The number of aliphatic hydroxyl groups excluding tert-OH is 12. The number of phosphoric acid groups is 1. The summed E-state index contributed by atoms with van der Waals surface area (Å²) < 4.78 is 56.4. The first-order chi connectivity index (χ1) is 48.1. The first-order valence-electron chi connectivity index (χ1n) is 36.5. The van der Waals surface area contributed by atoms with E-state index in [9.17, 15) is 105 Å². The van der Waals surface area contributed by atoms with Gasteiger partial charge >= 0.3 is 19.8 Å². The van der Waals surface area contributed by atoms with Crippen LogP contribution in [0.5, 0.6) is 0 Å². The van der Waals surface area contributed by atoms with Crippen LogP contribution in [0.2, 0.25) is 0 Å². The molecular formula is C68H124N3O29P. The fraction of sp³-hybridized carbons (Fsp3) is 0.897. The predicted octanol–water partition coefficient (Wildman–Crippen LogP) is 2.05. The highest BCUT2D eigenvalue weighted by Crippen LogP contribution is 2.48. The number of hydrogen-bond donors (Lipinski definition) is 18. The lowest BCUT2D eigenvalue weighted by Gasteiger charge is -2.50. The van der Waals surface area contributed by atoms with Gasteiger partial charge in [-0.3, -0.25) is 23.4 Å². The Balaban J connectivity index is 1.76. The molecule has 3 rings (SSSR count). The number of carbonyl (C=O) groups is 5. The lowest BCUT2D eigenvalue weighted by Crippen LogP contribution is -2.71. The van der Waals surface area contributed by atoms with Crippen molar-refractivity contribution in [1.29, 1.82) is 0 Å². The average Bonchev–Trinajstić information content (AvgIpc) is 0.759. The first kappa shape index (κ1) is 91.7. The second-order valence-corrected chi connectivity index (χ2v) is 28.6. The second-order valence-electron chi connectivity index (χ2n) is 27.2. The minimum atomic E-state index is -5.63. The van der Waals surface area contributed by atoms with Crippen LogP contribution in [0.3, 0.4) is 0 Å². The van der Waals surface area contributed by atoms with E-state index in [2.05, 4.69) is 29.8 Å². The third-order valence-corrected chi connectivity index (χ3v) is 19.8. The Bertz CT molecular complexity index is 2410. The molecule has 0 aromatic rings. The number of methoxy groups -OCH3 is 2. The largest absolute Gasteiger partial charge is 0.477 e. The van der Waals surface area contributed by atoms with Crippen molar-refractivity contribution >= 4 is 37.5 Å². The van der Waals surface area contributed by atoms with E-state index in [1.54, 1.807) is 6.08 Å². The smallest absolute Gasteiger partial charge is 0.472 e. The molecule has 3 aliphatic rings. The van der Waals surface area contributed by atoms with Gasteiger partial charge in [0.15, 0.2) is 0 Å². The number of aliphatic carboxylic acids is 2. The number of carbonyl (C=O) groups excluding carboxylic acids is 3. The van der Waals surface area contributed by atoms with Gasteiger partial charge in [-0.1, -0.05) is 193 Å². The van der Waals surface area contributed by atoms with E-state index >= 15 is 0 Å². The molecule has 3 fully saturated rings. The van der Waals surface area contributed by atoms with Crippen molar-refractivity contribution in [1.82, 2.24) is 16.0 Å². The molecule has 2 aliphatic heterocycles. The van der Waals surface area contributed by atoms with Gasteiger partial charge in [-0.25, -0.2) is 14.2 Å². The monoisotopic (exact) mass is 1480 g/mol. The summed E-state index contributed by atoms with van der Waals surface area (Å²) >= 11 is 0. The lowest BCUT2D eigenvalue weighted by molar-refractivity contribution is -0.350. The van der Waals surface area contributed by atoms with Gasteiger partial charge < -0.3 is 121 Å². The molecule has 21 unspecified atom stereocenters. The summed E-state index contributed by atoms with van der Waals surface area (Å²) in [5.74, 6) is -13.8. The highest BCUT2D eigenvalue weighted by molar-refractivity contribution is 7.47. The summed E-state index contributed by atoms with van der Waals surface area (Å²) in [5.41, 5.74) is 0. The van der Waals surface area contributed by atoms with E-state index in [-0.39, 0.29) is 6.42 Å². The van der Waals surface area contributed by atoms with E-state index in [4.69, 9.17) is 37.5 Å². The average molecular weight is 1480 g/mol. The number of carboxylic acid groups (broad SMARTS) is 2. The molecule has 0 aromatic carbocycles. The van der Waals surface area contributed by atoms with Crippen molar-refractivity contribution in [2.45, 2.75) is 341 Å². The van der Waals surface area contributed by atoms with Crippen molar-refractivity contribution in [3.05, 3.63) is 12.2 Å². The van der Waals surface area contributed by atoms with E-state index in [0.29, 0.717) is 12.8 Å². The van der Waals surface area contributed by atoms with Crippen LogP contribution in [-0.2, 0) is 66.0 Å². The number of nitrogens with one attached hydrogen (secondary N) is 3. The van der Waals surface area contributed by atoms with Crippen LogP contribution in [-0.4, -0.2) is 275 Å². The molecule has 0 spiro atoms. The fourth-order valence-electron chi connectivity index (χ4n) is 12.9. The lowest BCUT2D eigenvalue weighted by atomic mass is 9.84. The van der Waals surface area contributed by atoms with Crippen LogP contribution in [0.1, 0.15) is 219 Å². The minimum Gasteiger partial charge on any atom is -0.477 e. The number of aliphatic hydroxyl groups is 12. The van der Waals surface area contributed by atoms with Crippen molar-refractivity contribution < 1.29 is 142 Å². The number of allylic oxidation sites excluding steroid dienone is 1. The van der Waals surface area contributed by atoms with E-state index in [1.807, 2.05) is 0 Å². The predicted molar refractivity (Wildman–Crippen MR) is 363 cm³/mol. The highest BCUT2D eigenvalue weighted by Gasteiger charge is 2.62. The molecule has 32 nitrogen and oxygen atoms in total. The molecule has 0 aromatic heterocycles. The summed E-state index contributed by atoms with van der Waals surface area (Å²) in [4.78, 5) is 76.8. The molecule has 101 heavy (non-hydrogen) atoms. The van der Waals surface area contributed by atoms with Crippen LogP contribution in [0, 0.1) is 0 Å². The number of carboxylic acids is 2. The number of ether oxygens (including phenoxy) is 6. The maximum atomic E-state index is 13.9. The maximum absolute atomic E-state index is 13.9. The number of hydrogen-bond acceptors (Lipinski definition) is 26. The van der Waals surface area contributed by atoms with Gasteiger partial charge in [0.05, 0.1) is 56.3 Å². The molecule has 3 amide bonds.